The van der Waals surface area contributed by atoms with Gasteiger partial charge in [0.05, 0.1) is 42.9 Å². The van der Waals surface area contributed by atoms with Crippen molar-refractivity contribution in [3.63, 3.8) is 0 Å². The minimum absolute atomic E-state index is 0.0542. The van der Waals surface area contributed by atoms with E-state index >= 15 is 0 Å². The molecule has 6 atom stereocenters. The number of alkyl carbamates (subject to hydrolysis) is 1. The smallest absolute Gasteiger partial charge is 0.408 e. The highest BCUT2D eigenvalue weighted by Gasteiger charge is 2.41. The summed E-state index contributed by atoms with van der Waals surface area (Å²) in [5.41, 5.74) is 1.84. The van der Waals surface area contributed by atoms with Crippen LogP contribution in [0.4, 0.5) is 4.79 Å². The molecule has 0 aliphatic rings. The average Bonchev–Trinajstić information content (AvgIpc) is 4.22. The van der Waals surface area contributed by atoms with E-state index in [-0.39, 0.29) is 19.3 Å². The molecule has 18 nitrogen and oxygen atoms in total. The van der Waals surface area contributed by atoms with Crippen molar-refractivity contribution in [2.75, 3.05) is 7.11 Å². The summed E-state index contributed by atoms with van der Waals surface area (Å²) in [5, 5.41) is 14.0. The van der Waals surface area contributed by atoms with E-state index < -0.39 is 94.7 Å². The van der Waals surface area contributed by atoms with Crippen molar-refractivity contribution in [3.8, 4) is 0 Å². The van der Waals surface area contributed by atoms with Gasteiger partial charge in [-0.15, -0.1) is 0 Å². The molecule has 0 fully saturated rings. The fourth-order valence-corrected chi connectivity index (χ4v) is 9.27. The second-order valence-electron chi connectivity index (χ2n) is 21.7. The van der Waals surface area contributed by atoms with Crippen LogP contribution in [0.3, 0.4) is 0 Å². The first-order valence-electron chi connectivity index (χ1n) is 26.1. The first-order chi connectivity index (χ1) is 37.0. The van der Waals surface area contributed by atoms with Crippen molar-refractivity contribution in [2.24, 2.45) is 13.0 Å². The largest absolute Gasteiger partial charge is 0.467 e. The number of ether oxygens (including phenoxy) is 3. The van der Waals surface area contributed by atoms with Gasteiger partial charge in [-0.05, 0) is 76.6 Å². The number of methoxy groups -OCH3 is 1. The lowest BCUT2D eigenvalue weighted by molar-refractivity contribution is -0.145. The Morgan fingerprint density at radius 1 is 0.526 bits per heavy atom. The van der Waals surface area contributed by atoms with Gasteiger partial charge in [0.2, 0.25) is 23.6 Å². The highest BCUT2D eigenvalue weighted by molar-refractivity contribution is 5.96. The Kier molecular flexibility index (Phi) is 19.9. The minimum Gasteiger partial charge on any atom is -0.467 e. The third-order valence-corrected chi connectivity index (χ3v) is 12.7. The maximum absolute atomic E-state index is 14.9. The van der Waals surface area contributed by atoms with Gasteiger partial charge >= 0.3 is 12.1 Å². The second kappa shape index (κ2) is 26.3. The number of esters is 1. The van der Waals surface area contributed by atoms with E-state index in [4.69, 9.17) is 19.2 Å². The highest BCUT2D eigenvalue weighted by atomic mass is 16.6. The first kappa shape index (κ1) is 59.1. The second-order valence-corrected chi connectivity index (χ2v) is 21.7. The number of nitrogens with zero attached hydrogens (tertiary/aromatic N) is 4. The summed E-state index contributed by atoms with van der Waals surface area (Å²) in [6.07, 6.45) is 4.83. The monoisotopic (exact) mass is 1070 g/mol. The van der Waals surface area contributed by atoms with Gasteiger partial charge in [0.25, 0.3) is 0 Å². The van der Waals surface area contributed by atoms with Crippen LogP contribution < -0.4 is 26.6 Å². The highest BCUT2D eigenvalue weighted by Crippen LogP contribution is 2.41. The van der Waals surface area contributed by atoms with Crippen LogP contribution in [0.5, 0.6) is 0 Å². The zero-order valence-corrected chi connectivity index (χ0v) is 46.5. The Labute approximate surface area is 457 Å². The summed E-state index contributed by atoms with van der Waals surface area (Å²) in [7, 11) is 3.00. The van der Waals surface area contributed by atoms with Crippen LogP contribution in [-0.4, -0.2) is 109 Å². The molecule has 6 rings (SSSR count). The summed E-state index contributed by atoms with van der Waals surface area (Å²) in [5.74, 6) is -4.26. The normalized spacial score (nSPS) is 14.2. The van der Waals surface area contributed by atoms with E-state index in [0.717, 1.165) is 22.3 Å². The number of carbonyl (C=O) groups is 6. The average molecular weight is 1070 g/mol. The number of benzene rings is 4. The van der Waals surface area contributed by atoms with E-state index in [9.17, 15) is 28.8 Å². The molecule has 0 radical (unpaired) electrons. The van der Waals surface area contributed by atoms with Gasteiger partial charge in [0, 0.05) is 38.7 Å². The lowest BCUT2D eigenvalue weighted by atomic mass is 9.77. The molecule has 0 spiro atoms. The Balaban J connectivity index is 1.35. The summed E-state index contributed by atoms with van der Waals surface area (Å²) in [6.45, 7) is 15.5. The van der Waals surface area contributed by atoms with Gasteiger partial charge < -0.3 is 49.9 Å². The molecule has 6 aromatic rings. The van der Waals surface area contributed by atoms with E-state index in [1.54, 1.807) is 92.8 Å². The van der Waals surface area contributed by atoms with Crippen molar-refractivity contribution < 1.29 is 43.0 Å². The molecule has 0 bridgehead atoms. The number of aromatic nitrogens is 4. The van der Waals surface area contributed by atoms with Gasteiger partial charge in [0.1, 0.15) is 41.3 Å². The molecule has 2 heterocycles. The standard InChI is InChI=1S/C60H75N9O9/c1-39(2)50(66-55(73)51(40(3)77-58(4,5)6)67-53(71)48(33-45-35-68(10)37-61-45)65-57(75)78-59(7,8)9)54(72)63-47(52(70)64-49(56(74)76-11)32-41-24-16-12-17-25-41)34-46-36-69(38-62-46)60(42-26-18-13-19-27-42,43-28-20-14-21-29-43)44-30-22-15-23-31-44/h12-31,35-40,47-51H,32-34H2,1-11H3,(H,63,72)(H,64,70)(H,65,75)(H,66,73)(H,67,71)/t40-,47+,48+,49-,50-,51+/m1/s1. The number of hydrogen-bond acceptors (Lipinski definition) is 11. The van der Waals surface area contributed by atoms with E-state index in [2.05, 4.69) is 31.6 Å². The van der Waals surface area contributed by atoms with Gasteiger partial charge in [-0.1, -0.05) is 135 Å². The molecule has 0 aliphatic carbocycles. The number of rotatable bonds is 23. The van der Waals surface area contributed by atoms with Crippen molar-refractivity contribution in [3.05, 3.63) is 180 Å². The Morgan fingerprint density at radius 2 is 0.974 bits per heavy atom. The van der Waals surface area contributed by atoms with Crippen molar-refractivity contribution in [1.29, 1.82) is 0 Å². The molecule has 78 heavy (non-hydrogen) atoms. The van der Waals surface area contributed by atoms with Crippen molar-refractivity contribution in [1.82, 2.24) is 45.7 Å². The third kappa shape index (κ3) is 16.0. The summed E-state index contributed by atoms with van der Waals surface area (Å²) in [4.78, 5) is 94.5. The molecule has 0 aliphatic heterocycles. The lowest BCUT2D eigenvalue weighted by Crippen LogP contribution is -2.63. The molecular weight excluding hydrogens is 991 g/mol. The fourth-order valence-electron chi connectivity index (χ4n) is 9.27. The zero-order chi connectivity index (χ0) is 56.8. The fraction of sp³-hybridized carbons (Fsp3) is 0.400. The maximum atomic E-state index is 14.9. The summed E-state index contributed by atoms with van der Waals surface area (Å²) in [6, 6.07) is 32.6. The molecule has 2 aromatic heterocycles. The Hall–Kier alpha value is -8.12. The molecule has 5 amide bonds. The third-order valence-electron chi connectivity index (χ3n) is 12.7. The van der Waals surface area contributed by atoms with E-state index in [1.807, 2.05) is 132 Å². The number of hydrogen-bond donors (Lipinski definition) is 5. The Morgan fingerprint density at radius 3 is 1.45 bits per heavy atom. The first-order valence-corrected chi connectivity index (χ1v) is 26.1. The van der Waals surface area contributed by atoms with Crippen LogP contribution in [0.15, 0.2) is 146 Å². The molecule has 414 valence electrons. The predicted molar refractivity (Wildman–Crippen MR) is 296 cm³/mol. The molecular formula is C60H75N9O9. The predicted octanol–water partition coefficient (Wildman–Crippen LogP) is 6.35. The molecule has 0 unspecified atom stereocenters. The quantitative estimate of drug-likeness (QED) is 0.0351. The number of carbonyl (C=O) groups excluding carboxylic acids is 6. The van der Waals surface area contributed by atoms with Crippen LogP contribution in [0.25, 0.3) is 0 Å². The molecule has 0 saturated heterocycles. The van der Waals surface area contributed by atoms with Gasteiger partial charge in [-0.3, -0.25) is 19.2 Å². The van der Waals surface area contributed by atoms with Gasteiger partial charge in [-0.25, -0.2) is 19.6 Å². The van der Waals surface area contributed by atoms with Gasteiger partial charge in [-0.2, -0.15) is 0 Å². The molecule has 18 heteroatoms. The van der Waals surface area contributed by atoms with Crippen molar-refractivity contribution >= 4 is 35.7 Å². The molecule has 4 aromatic carbocycles. The van der Waals surface area contributed by atoms with E-state index in [0.29, 0.717) is 11.4 Å². The maximum Gasteiger partial charge on any atom is 0.408 e. The number of imidazole rings is 2. The van der Waals surface area contributed by atoms with Gasteiger partial charge in [0.15, 0.2) is 0 Å². The van der Waals surface area contributed by atoms with Crippen LogP contribution in [0.2, 0.25) is 0 Å². The lowest BCUT2D eigenvalue weighted by Gasteiger charge is -2.37. The SMILES string of the molecule is COC(=O)[C@@H](Cc1ccccc1)NC(=O)[C@H](Cc1cn(C(c2ccccc2)(c2ccccc2)c2ccccc2)cn1)NC(=O)[C@H](NC(=O)[C@@H](NC(=O)[C@H](Cc1cn(C)cn1)NC(=O)OC(C)(C)C)[C@@H](C)OC(C)(C)C)C(C)C. The zero-order valence-electron chi connectivity index (χ0n) is 46.5. The van der Waals surface area contributed by atoms with Crippen LogP contribution in [-0.2, 0) is 70.0 Å². The number of amides is 5. The number of nitrogens with one attached hydrogen (secondary N) is 5. The minimum atomic E-state index is -1.42. The molecule has 0 saturated carbocycles. The van der Waals surface area contributed by atoms with Crippen LogP contribution in [0.1, 0.15) is 96.0 Å². The van der Waals surface area contributed by atoms with Crippen molar-refractivity contribution in [2.45, 2.75) is 135 Å². The van der Waals surface area contributed by atoms with Crippen LogP contribution in [0, 0.1) is 5.92 Å². The number of aryl methyl sites for hydroxylation is 1. The summed E-state index contributed by atoms with van der Waals surface area (Å²) >= 11 is 0. The topological polar surface area (TPSA) is 226 Å². The Bertz CT molecular complexity index is 2840. The van der Waals surface area contributed by atoms with E-state index in [1.165, 1.54) is 7.11 Å². The summed E-state index contributed by atoms with van der Waals surface area (Å²) < 4.78 is 20.6. The van der Waals surface area contributed by atoms with Crippen LogP contribution >= 0.6 is 0 Å². The molecule has 5 N–H and O–H groups in total.